The summed E-state index contributed by atoms with van der Waals surface area (Å²) in [5.41, 5.74) is 1.18. The Morgan fingerprint density at radius 2 is 2.07 bits per heavy atom. The number of methoxy groups -OCH3 is 1. The molecule has 0 saturated heterocycles. The van der Waals surface area contributed by atoms with Crippen molar-refractivity contribution in [2.75, 3.05) is 7.11 Å². The standard InChI is InChI=1S/C19H20FN5O3S/c1-24-12-22-23-19(24)29-11-15-7-16(26)17(28-2)9-25(15)10-18(27)21-8-13-3-5-14(20)6-4-13/h3-7,9,12H,8,10-11H2,1-2H3,(H,21,27). The predicted molar refractivity (Wildman–Crippen MR) is 106 cm³/mol. The summed E-state index contributed by atoms with van der Waals surface area (Å²) >= 11 is 1.40. The molecular formula is C19H20FN5O3S. The van der Waals surface area contributed by atoms with Gasteiger partial charge in [-0.25, -0.2) is 4.39 Å². The maximum atomic E-state index is 13.0. The number of pyridine rings is 1. The number of carbonyl (C=O) groups is 1. The zero-order chi connectivity index (χ0) is 20.8. The number of hydrogen-bond donors (Lipinski definition) is 1. The molecule has 0 bridgehead atoms. The Morgan fingerprint density at radius 1 is 1.31 bits per heavy atom. The Kier molecular flexibility index (Phi) is 6.65. The number of rotatable bonds is 8. The van der Waals surface area contributed by atoms with Crippen molar-refractivity contribution < 1.29 is 13.9 Å². The van der Waals surface area contributed by atoms with Crippen LogP contribution >= 0.6 is 11.8 Å². The lowest BCUT2D eigenvalue weighted by molar-refractivity contribution is -0.121. The molecule has 0 spiro atoms. The predicted octanol–water partition coefficient (Wildman–Crippen LogP) is 1.73. The second-order valence-electron chi connectivity index (χ2n) is 6.24. The summed E-state index contributed by atoms with van der Waals surface area (Å²) in [5, 5.41) is 11.3. The molecule has 0 atom stereocenters. The van der Waals surface area contributed by atoms with E-state index in [0.717, 1.165) is 5.56 Å². The maximum absolute atomic E-state index is 13.0. The van der Waals surface area contributed by atoms with E-state index in [1.165, 1.54) is 43.3 Å². The minimum absolute atomic E-state index is 0.00649. The molecule has 29 heavy (non-hydrogen) atoms. The van der Waals surface area contributed by atoms with Crippen molar-refractivity contribution in [1.29, 1.82) is 0 Å². The summed E-state index contributed by atoms with van der Waals surface area (Å²) in [4.78, 5) is 24.6. The lowest BCUT2D eigenvalue weighted by Crippen LogP contribution is -2.28. The van der Waals surface area contributed by atoms with Gasteiger partial charge in [0.1, 0.15) is 18.7 Å². The van der Waals surface area contributed by atoms with Crippen molar-refractivity contribution in [2.24, 2.45) is 7.05 Å². The first-order chi connectivity index (χ1) is 14.0. The quantitative estimate of drug-likeness (QED) is 0.562. The first-order valence-corrected chi connectivity index (χ1v) is 9.70. The van der Waals surface area contributed by atoms with E-state index in [4.69, 9.17) is 4.74 Å². The molecule has 152 valence electrons. The Bertz CT molecular complexity index is 1050. The van der Waals surface area contributed by atoms with Crippen LogP contribution in [-0.2, 0) is 30.7 Å². The molecule has 8 nitrogen and oxygen atoms in total. The summed E-state index contributed by atoms with van der Waals surface area (Å²) in [5.74, 6) is 0.0101. The van der Waals surface area contributed by atoms with Crippen LogP contribution < -0.4 is 15.5 Å². The van der Waals surface area contributed by atoms with Gasteiger partial charge in [0.2, 0.25) is 11.3 Å². The van der Waals surface area contributed by atoms with Crippen LogP contribution in [0.3, 0.4) is 0 Å². The second-order valence-corrected chi connectivity index (χ2v) is 7.18. The van der Waals surface area contributed by atoms with Gasteiger partial charge in [0.25, 0.3) is 0 Å². The van der Waals surface area contributed by atoms with Crippen molar-refractivity contribution in [3.63, 3.8) is 0 Å². The van der Waals surface area contributed by atoms with E-state index in [1.807, 2.05) is 7.05 Å². The zero-order valence-corrected chi connectivity index (χ0v) is 16.8. The van der Waals surface area contributed by atoms with E-state index in [-0.39, 0.29) is 36.0 Å². The summed E-state index contributed by atoms with van der Waals surface area (Å²) < 4.78 is 21.5. The number of ether oxygens (including phenoxy) is 1. The molecule has 2 aromatic heterocycles. The van der Waals surface area contributed by atoms with Crippen molar-refractivity contribution >= 4 is 17.7 Å². The number of benzene rings is 1. The molecule has 1 amide bonds. The first-order valence-electron chi connectivity index (χ1n) is 8.71. The molecule has 0 aliphatic carbocycles. The van der Waals surface area contributed by atoms with Gasteiger partial charge in [-0.3, -0.25) is 9.59 Å². The minimum Gasteiger partial charge on any atom is -0.491 e. The molecule has 10 heteroatoms. The van der Waals surface area contributed by atoms with E-state index in [0.29, 0.717) is 16.6 Å². The van der Waals surface area contributed by atoms with Crippen molar-refractivity contribution in [2.45, 2.75) is 24.0 Å². The van der Waals surface area contributed by atoms with Gasteiger partial charge in [0.05, 0.1) is 13.3 Å². The van der Waals surface area contributed by atoms with Gasteiger partial charge in [-0.1, -0.05) is 23.9 Å². The molecule has 0 unspecified atom stereocenters. The highest BCUT2D eigenvalue weighted by Crippen LogP contribution is 2.20. The molecule has 0 fully saturated rings. The highest BCUT2D eigenvalue weighted by molar-refractivity contribution is 7.98. The number of aromatic nitrogens is 4. The largest absolute Gasteiger partial charge is 0.491 e. The highest BCUT2D eigenvalue weighted by atomic mass is 32.2. The van der Waals surface area contributed by atoms with Gasteiger partial charge in [-0.2, -0.15) is 0 Å². The molecule has 1 N–H and O–H groups in total. The number of halogens is 1. The topological polar surface area (TPSA) is 91.0 Å². The fraction of sp³-hybridized carbons (Fsp3) is 0.263. The Morgan fingerprint density at radius 3 is 2.72 bits per heavy atom. The Labute approximate surface area is 170 Å². The van der Waals surface area contributed by atoms with Crippen molar-refractivity contribution in [3.8, 4) is 5.75 Å². The Hall–Kier alpha value is -3.14. The number of carbonyl (C=O) groups excluding carboxylic acids is 1. The molecule has 2 heterocycles. The first kappa shape index (κ1) is 20.6. The lowest BCUT2D eigenvalue weighted by atomic mass is 10.2. The Balaban J connectivity index is 1.71. The summed E-state index contributed by atoms with van der Waals surface area (Å²) in [6, 6.07) is 7.36. The van der Waals surface area contributed by atoms with Gasteiger partial charge in [0.15, 0.2) is 10.9 Å². The molecule has 0 aliphatic heterocycles. The van der Waals surface area contributed by atoms with Gasteiger partial charge >= 0.3 is 0 Å². The minimum atomic E-state index is -0.328. The normalized spacial score (nSPS) is 10.7. The third kappa shape index (κ3) is 5.44. The molecule has 0 radical (unpaired) electrons. The third-order valence-corrected chi connectivity index (χ3v) is 5.21. The number of nitrogens with zero attached hydrogens (tertiary/aromatic N) is 4. The fourth-order valence-corrected chi connectivity index (χ4v) is 3.46. The molecule has 3 rings (SSSR count). The maximum Gasteiger partial charge on any atom is 0.240 e. The van der Waals surface area contributed by atoms with Crippen LogP contribution in [0.4, 0.5) is 4.39 Å². The van der Waals surface area contributed by atoms with E-state index in [1.54, 1.807) is 27.6 Å². The van der Waals surface area contributed by atoms with Crippen molar-refractivity contribution in [1.82, 2.24) is 24.6 Å². The van der Waals surface area contributed by atoms with Crippen LogP contribution in [-0.4, -0.2) is 32.3 Å². The summed E-state index contributed by atoms with van der Waals surface area (Å²) in [6.45, 7) is 0.284. The smallest absolute Gasteiger partial charge is 0.240 e. The van der Waals surface area contributed by atoms with Crippen LogP contribution in [0, 0.1) is 5.82 Å². The number of nitrogens with one attached hydrogen (secondary N) is 1. The molecule has 0 aliphatic rings. The van der Waals surface area contributed by atoms with E-state index >= 15 is 0 Å². The van der Waals surface area contributed by atoms with Crippen LogP contribution in [0.2, 0.25) is 0 Å². The van der Waals surface area contributed by atoms with Gasteiger partial charge in [-0.05, 0) is 17.7 Å². The van der Waals surface area contributed by atoms with Crippen LogP contribution in [0.1, 0.15) is 11.3 Å². The van der Waals surface area contributed by atoms with Gasteiger partial charge in [0, 0.05) is 31.1 Å². The lowest BCUT2D eigenvalue weighted by Gasteiger charge is -2.14. The van der Waals surface area contributed by atoms with Crippen LogP contribution in [0.5, 0.6) is 5.75 Å². The number of aryl methyl sites for hydroxylation is 1. The number of thioether (sulfide) groups is 1. The molecule has 1 aromatic carbocycles. The van der Waals surface area contributed by atoms with Gasteiger partial charge < -0.3 is 19.2 Å². The average molecular weight is 417 g/mol. The van der Waals surface area contributed by atoms with Crippen LogP contribution in [0.15, 0.2) is 52.8 Å². The second kappa shape index (κ2) is 9.37. The van der Waals surface area contributed by atoms with Crippen molar-refractivity contribution in [3.05, 3.63) is 70.2 Å². The third-order valence-electron chi connectivity index (χ3n) is 4.14. The molecular weight excluding hydrogens is 397 g/mol. The van der Waals surface area contributed by atoms with E-state index in [2.05, 4.69) is 15.5 Å². The molecule has 0 saturated carbocycles. The van der Waals surface area contributed by atoms with Crippen LogP contribution in [0.25, 0.3) is 0 Å². The highest BCUT2D eigenvalue weighted by Gasteiger charge is 2.12. The average Bonchev–Trinajstić information content (AvgIpc) is 3.12. The SMILES string of the molecule is COc1cn(CC(=O)NCc2ccc(F)cc2)c(CSc2nncn2C)cc1=O. The molecule has 3 aromatic rings. The zero-order valence-electron chi connectivity index (χ0n) is 16.0. The number of hydrogen-bond acceptors (Lipinski definition) is 6. The summed E-state index contributed by atoms with van der Waals surface area (Å²) in [7, 11) is 3.23. The monoisotopic (exact) mass is 417 g/mol. The van der Waals surface area contributed by atoms with E-state index < -0.39 is 0 Å². The summed E-state index contributed by atoms with van der Waals surface area (Å²) in [6.07, 6.45) is 3.11. The fourth-order valence-electron chi connectivity index (χ4n) is 2.57. The van der Waals surface area contributed by atoms with E-state index in [9.17, 15) is 14.0 Å². The number of amides is 1. The van der Waals surface area contributed by atoms with Gasteiger partial charge in [-0.15, -0.1) is 10.2 Å².